The number of benzene rings is 1. The molecule has 2 aromatic rings. The van der Waals surface area contributed by atoms with Crippen LogP contribution in [0.4, 0.5) is 27.9 Å². The maximum absolute atomic E-state index is 13.1. The number of ether oxygens (including phenoxy) is 1. The van der Waals surface area contributed by atoms with Gasteiger partial charge in [-0.05, 0) is 43.5 Å². The predicted molar refractivity (Wildman–Crippen MR) is 97.3 cm³/mol. The Labute approximate surface area is 173 Å². The van der Waals surface area contributed by atoms with Gasteiger partial charge in [-0.25, -0.2) is 9.97 Å². The summed E-state index contributed by atoms with van der Waals surface area (Å²) in [6.07, 6.45) is -8.39. The molecule has 31 heavy (non-hydrogen) atoms. The Hall–Kier alpha value is -3.31. The number of hydrogen-bond acceptors (Lipinski definition) is 5. The van der Waals surface area contributed by atoms with Gasteiger partial charge >= 0.3 is 12.3 Å². The smallest absolute Gasteiger partial charge is 0.426 e. The van der Waals surface area contributed by atoms with E-state index in [1.807, 2.05) is 0 Å². The molecule has 166 valence electrons. The third kappa shape index (κ3) is 5.64. The van der Waals surface area contributed by atoms with Gasteiger partial charge in [0.2, 0.25) is 11.9 Å². The molecular weight excluding hydrogens is 427 g/mol. The van der Waals surface area contributed by atoms with Crippen molar-refractivity contribution >= 4 is 17.8 Å². The second-order valence-corrected chi connectivity index (χ2v) is 6.91. The molecule has 0 aliphatic heterocycles. The molecule has 0 bridgehead atoms. The molecular formula is C19H17F5N4O3. The normalized spacial score (nSPS) is 15.2. The highest BCUT2D eigenvalue weighted by molar-refractivity contribution is 5.95. The number of alkyl halides is 5. The van der Waals surface area contributed by atoms with Gasteiger partial charge in [0.25, 0.3) is 5.91 Å². The third-order valence-electron chi connectivity index (χ3n) is 4.35. The summed E-state index contributed by atoms with van der Waals surface area (Å²) < 4.78 is 67.0. The molecule has 1 aliphatic carbocycles. The molecule has 0 saturated heterocycles. The van der Waals surface area contributed by atoms with Gasteiger partial charge in [0.05, 0.1) is 6.04 Å². The van der Waals surface area contributed by atoms with Crippen LogP contribution in [0.1, 0.15) is 41.9 Å². The highest BCUT2D eigenvalue weighted by atomic mass is 19.4. The summed E-state index contributed by atoms with van der Waals surface area (Å²) in [6, 6.07) is 5.07. The van der Waals surface area contributed by atoms with E-state index >= 15 is 0 Å². The molecule has 1 heterocycles. The number of halogens is 5. The number of amides is 2. The van der Waals surface area contributed by atoms with Gasteiger partial charge < -0.3 is 10.1 Å². The maximum atomic E-state index is 13.1. The second-order valence-electron chi connectivity index (χ2n) is 6.91. The van der Waals surface area contributed by atoms with E-state index in [-0.39, 0.29) is 29.0 Å². The van der Waals surface area contributed by atoms with Crippen molar-refractivity contribution in [2.75, 3.05) is 5.32 Å². The maximum Gasteiger partial charge on any atom is 0.499 e. The van der Waals surface area contributed by atoms with E-state index in [1.54, 1.807) is 0 Å². The number of nitrogens with one attached hydrogen (secondary N) is 2. The van der Waals surface area contributed by atoms with Crippen LogP contribution in [-0.4, -0.2) is 34.1 Å². The molecule has 1 saturated carbocycles. The summed E-state index contributed by atoms with van der Waals surface area (Å²) in [5.41, 5.74) is 0.157. The molecule has 0 radical (unpaired) electrons. The fraction of sp³-hybridized carbons (Fsp3) is 0.368. The van der Waals surface area contributed by atoms with E-state index in [0.29, 0.717) is 0 Å². The lowest BCUT2D eigenvalue weighted by Gasteiger charge is -2.21. The summed E-state index contributed by atoms with van der Waals surface area (Å²) in [5, 5.41) is 5.05. The minimum atomic E-state index is -5.87. The molecule has 1 aromatic carbocycles. The van der Waals surface area contributed by atoms with Crippen molar-refractivity contribution in [1.82, 2.24) is 15.3 Å². The lowest BCUT2D eigenvalue weighted by atomic mass is 10.1. The van der Waals surface area contributed by atoms with Gasteiger partial charge in [0.15, 0.2) is 0 Å². The van der Waals surface area contributed by atoms with Crippen LogP contribution >= 0.6 is 0 Å². The molecule has 1 fully saturated rings. The molecule has 12 heteroatoms. The topological polar surface area (TPSA) is 93.2 Å². The average molecular weight is 444 g/mol. The average Bonchev–Trinajstić information content (AvgIpc) is 3.52. The Balaban J connectivity index is 1.66. The number of carbonyl (C=O) groups excluding carboxylic acids is 2. The Morgan fingerprint density at radius 2 is 1.87 bits per heavy atom. The number of nitrogens with zero attached hydrogens (tertiary/aromatic N) is 2. The van der Waals surface area contributed by atoms with Crippen molar-refractivity contribution in [1.29, 1.82) is 0 Å². The summed E-state index contributed by atoms with van der Waals surface area (Å²) in [7, 11) is 0. The molecule has 2 amide bonds. The zero-order chi connectivity index (χ0) is 22.8. The highest BCUT2D eigenvalue weighted by Crippen LogP contribution is 2.37. The SMILES string of the molecule is CC(NC(=O)c1ccnc(NC(=O)C2CC2)n1)c1cccc(OC(F)(F)C(F)(F)F)c1. The first kappa shape index (κ1) is 22.4. The van der Waals surface area contributed by atoms with Crippen molar-refractivity contribution in [3.05, 3.63) is 47.8 Å². The first-order valence-electron chi connectivity index (χ1n) is 9.14. The minimum Gasteiger partial charge on any atom is -0.426 e. The highest BCUT2D eigenvalue weighted by Gasteiger charge is 2.61. The van der Waals surface area contributed by atoms with E-state index in [2.05, 4.69) is 25.3 Å². The molecule has 3 rings (SSSR count). The number of carbonyl (C=O) groups is 2. The van der Waals surface area contributed by atoms with Crippen LogP contribution in [0.5, 0.6) is 5.75 Å². The van der Waals surface area contributed by atoms with Crippen molar-refractivity contribution in [2.24, 2.45) is 5.92 Å². The molecule has 2 N–H and O–H groups in total. The van der Waals surface area contributed by atoms with Gasteiger partial charge in [-0.1, -0.05) is 12.1 Å². The van der Waals surface area contributed by atoms with Crippen molar-refractivity contribution < 1.29 is 36.3 Å². The molecule has 1 aliphatic rings. The number of hydrogen-bond donors (Lipinski definition) is 2. The van der Waals surface area contributed by atoms with Crippen molar-refractivity contribution in [3.63, 3.8) is 0 Å². The van der Waals surface area contributed by atoms with Gasteiger partial charge in [-0.15, -0.1) is 0 Å². The van der Waals surface area contributed by atoms with Gasteiger partial charge in [-0.3, -0.25) is 14.9 Å². The van der Waals surface area contributed by atoms with E-state index < -0.39 is 30.0 Å². The fourth-order valence-corrected chi connectivity index (χ4v) is 2.51. The van der Waals surface area contributed by atoms with Crippen LogP contribution in [0.2, 0.25) is 0 Å². The zero-order valence-electron chi connectivity index (χ0n) is 16.0. The molecule has 1 unspecified atom stereocenters. The monoisotopic (exact) mass is 444 g/mol. The van der Waals surface area contributed by atoms with E-state index in [0.717, 1.165) is 25.0 Å². The number of rotatable bonds is 7. The quantitative estimate of drug-likeness (QED) is 0.633. The zero-order valence-corrected chi connectivity index (χ0v) is 16.0. The van der Waals surface area contributed by atoms with E-state index in [1.165, 1.54) is 31.3 Å². The number of anilines is 1. The lowest BCUT2D eigenvalue weighted by molar-refractivity contribution is -0.360. The first-order valence-corrected chi connectivity index (χ1v) is 9.14. The second kappa shape index (κ2) is 8.44. The fourth-order valence-electron chi connectivity index (χ4n) is 2.51. The lowest BCUT2D eigenvalue weighted by Crippen LogP contribution is -2.41. The molecule has 0 spiro atoms. The predicted octanol–water partition coefficient (Wildman–Crippen LogP) is 3.85. The summed E-state index contributed by atoms with van der Waals surface area (Å²) in [5.74, 6) is -1.74. The molecule has 1 aromatic heterocycles. The third-order valence-corrected chi connectivity index (χ3v) is 4.35. The van der Waals surface area contributed by atoms with E-state index in [9.17, 15) is 31.5 Å². The summed E-state index contributed by atoms with van der Waals surface area (Å²) in [6.45, 7) is 1.50. The van der Waals surface area contributed by atoms with Crippen molar-refractivity contribution in [3.8, 4) is 5.75 Å². The van der Waals surface area contributed by atoms with Crippen LogP contribution in [0.25, 0.3) is 0 Å². The molecule has 7 nitrogen and oxygen atoms in total. The molecule has 1 atom stereocenters. The Morgan fingerprint density at radius 3 is 2.52 bits per heavy atom. The van der Waals surface area contributed by atoms with Gasteiger partial charge in [0.1, 0.15) is 11.4 Å². The van der Waals surface area contributed by atoms with Crippen LogP contribution in [0.15, 0.2) is 36.5 Å². The van der Waals surface area contributed by atoms with Gasteiger partial charge in [0, 0.05) is 12.1 Å². The van der Waals surface area contributed by atoms with Crippen LogP contribution in [0, 0.1) is 5.92 Å². The largest absolute Gasteiger partial charge is 0.499 e. The number of aromatic nitrogens is 2. The summed E-state index contributed by atoms with van der Waals surface area (Å²) in [4.78, 5) is 32.1. The Kier molecular flexibility index (Phi) is 6.09. The van der Waals surface area contributed by atoms with E-state index in [4.69, 9.17) is 0 Å². The Morgan fingerprint density at radius 1 is 1.16 bits per heavy atom. The van der Waals surface area contributed by atoms with Crippen molar-refractivity contribution in [2.45, 2.75) is 38.1 Å². The minimum absolute atomic E-state index is 0.0398. The Bertz CT molecular complexity index is 979. The van der Waals surface area contributed by atoms with Crippen LogP contribution in [-0.2, 0) is 4.79 Å². The summed E-state index contributed by atoms with van der Waals surface area (Å²) >= 11 is 0. The van der Waals surface area contributed by atoms with Crippen LogP contribution in [0.3, 0.4) is 0 Å². The standard InChI is InChI=1S/C19H17F5N4O3/c1-10(12-3-2-4-13(9-12)31-19(23,24)18(20,21)22)26-16(30)14-7-8-25-17(27-14)28-15(29)11-5-6-11/h2-4,7-11H,5-6H2,1H3,(H,26,30)(H,25,27,28,29). The first-order chi connectivity index (χ1) is 14.5. The van der Waals surface area contributed by atoms with Crippen LogP contribution < -0.4 is 15.4 Å². The van der Waals surface area contributed by atoms with Gasteiger partial charge in [-0.2, -0.15) is 22.0 Å².